The average molecular weight is 386 g/mol. The molecule has 0 atom stereocenters. The summed E-state index contributed by atoms with van der Waals surface area (Å²) in [7, 11) is 0. The van der Waals surface area contributed by atoms with Crippen molar-refractivity contribution in [2.24, 2.45) is 0 Å². The van der Waals surface area contributed by atoms with Crippen LogP contribution in [-0.4, -0.2) is 4.98 Å². The Hall–Kier alpha value is -1.52. The van der Waals surface area contributed by atoms with E-state index in [4.69, 9.17) is 16.0 Å². The SMILES string of the molecule is Cc1ccc(-c2ccc(CNCc3ccccn3)o2)cc1Cl.Cl.Cl. The van der Waals surface area contributed by atoms with Crippen LogP contribution in [0.25, 0.3) is 11.3 Å². The zero-order valence-electron chi connectivity index (χ0n) is 13.2. The molecule has 3 rings (SSSR count). The Bertz CT molecular complexity index is 760. The standard InChI is InChI=1S/C18H17ClN2O.2ClH/c1-13-5-6-14(10-17(13)19)18-8-7-16(22-18)12-20-11-15-4-2-3-9-21-15;;/h2-10,20H,11-12H2,1H3;2*1H. The van der Waals surface area contributed by atoms with Gasteiger partial charge in [0.1, 0.15) is 11.5 Å². The molecule has 128 valence electrons. The number of nitrogens with zero attached hydrogens (tertiary/aromatic N) is 1. The molecule has 0 unspecified atom stereocenters. The first kappa shape index (κ1) is 20.5. The number of halogens is 3. The fourth-order valence-electron chi connectivity index (χ4n) is 2.19. The molecule has 0 saturated carbocycles. The Balaban J connectivity index is 0.00000144. The summed E-state index contributed by atoms with van der Waals surface area (Å²) in [6.07, 6.45) is 1.79. The van der Waals surface area contributed by atoms with Gasteiger partial charge >= 0.3 is 0 Å². The molecule has 24 heavy (non-hydrogen) atoms. The molecule has 0 radical (unpaired) electrons. The van der Waals surface area contributed by atoms with Crippen LogP contribution in [0.5, 0.6) is 0 Å². The normalized spacial score (nSPS) is 9.92. The Labute approximate surface area is 159 Å². The molecule has 0 aliphatic heterocycles. The zero-order valence-corrected chi connectivity index (χ0v) is 15.5. The molecule has 2 aromatic heterocycles. The van der Waals surface area contributed by atoms with Gasteiger partial charge in [0.2, 0.25) is 0 Å². The Kier molecular flexibility index (Phi) is 8.29. The van der Waals surface area contributed by atoms with Gasteiger partial charge in [-0.05, 0) is 42.8 Å². The van der Waals surface area contributed by atoms with E-state index in [9.17, 15) is 0 Å². The van der Waals surface area contributed by atoms with Crippen LogP contribution in [0.1, 0.15) is 17.0 Å². The van der Waals surface area contributed by atoms with Gasteiger partial charge in [0.25, 0.3) is 0 Å². The lowest BCUT2D eigenvalue weighted by Crippen LogP contribution is -2.12. The van der Waals surface area contributed by atoms with Crippen molar-refractivity contribution < 1.29 is 4.42 Å². The van der Waals surface area contributed by atoms with Crippen LogP contribution >= 0.6 is 36.4 Å². The number of aromatic nitrogens is 1. The molecule has 3 aromatic rings. The van der Waals surface area contributed by atoms with Gasteiger partial charge in [-0.3, -0.25) is 4.98 Å². The molecule has 0 aliphatic carbocycles. The summed E-state index contributed by atoms with van der Waals surface area (Å²) in [5.74, 6) is 1.72. The summed E-state index contributed by atoms with van der Waals surface area (Å²) in [6.45, 7) is 3.37. The molecule has 0 amide bonds. The van der Waals surface area contributed by atoms with Gasteiger partial charge < -0.3 is 9.73 Å². The highest BCUT2D eigenvalue weighted by atomic mass is 35.5. The fraction of sp³-hybridized carbons (Fsp3) is 0.167. The minimum Gasteiger partial charge on any atom is -0.460 e. The van der Waals surface area contributed by atoms with Crippen LogP contribution in [0.2, 0.25) is 5.02 Å². The van der Waals surface area contributed by atoms with Gasteiger partial charge in [-0.25, -0.2) is 0 Å². The van der Waals surface area contributed by atoms with Crippen molar-refractivity contribution in [1.29, 1.82) is 0 Å². The van der Waals surface area contributed by atoms with Crippen LogP contribution in [0, 0.1) is 6.92 Å². The first-order valence-electron chi connectivity index (χ1n) is 7.18. The summed E-state index contributed by atoms with van der Waals surface area (Å²) in [4.78, 5) is 4.27. The van der Waals surface area contributed by atoms with Crippen molar-refractivity contribution in [2.45, 2.75) is 20.0 Å². The van der Waals surface area contributed by atoms with Crippen LogP contribution in [0.15, 0.2) is 59.1 Å². The van der Waals surface area contributed by atoms with E-state index in [2.05, 4.69) is 10.3 Å². The van der Waals surface area contributed by atoms with E-state index >= 15 is 0 Å². The average Bonchev–Trinajstić information content (AvgIpc) is 3.00. The highest BCUT2D eigenvalue weighted by Gasteiger charge is 2.06. The highest BCUT2D eigenvalue weighted by molar-refractivity contribution is 6.31. The van der Waals surface area contributed by atoms with Crippen molar-refractivity contribution in [3.63, 3.8) is 0 Å². The lowest BCUT2D eigenvalue weighted by Gasteiger charge is -2.03. The molecular weight excluding hydrogens is 367 g/mol. The topological polar surface area (TPSA) is 38.1 Å². The first-order valence-corrected chi connectivity index (χ1v) is 7.56. The zero-order chi connectivity index (χ0) is 15.4. The van der Waals surface area contributed by atoms with E-state index in [0.29, 0.717) is 13.1 Å². The lowest BCUT2D eigenvalue weighted by atomic mass is 10.1. The van der Waals surface area contributed by atoms with Crippen molar-refractivity contribution in [3.05, 3.63) is 76.8 Å². The maximum atomic E-state index is 6.16. The van der Waals surface area contributed by atoms with Gasteiger partial charge in [0.05, 0.1) is 12.2 Å². The second-order valence-corrected chi connectivity index (χ2v) is 5.56. The number of pyridine rings is 1. The summed E-state index contributed by atoms with van der Waals surface area (Å²) in [6, 6.07) is 15.8. The van der Waals surface area contributed by atoms with E-state index in [1.807, 2.05) is 55.5 Å². The number of benzene rings is 1. The summed E-state index contributed by atoms with van der Waals surface area (Å²) < 4.78 is 5.86. The second-order valence-electron chi connectivity index (χ2n) is 5.15. The number of aryl methyl sites for hydroxylation is 1. The van der Waals surface area contributed by atoms with Crippen molar-refractivity contribution in [2.75, 3.05) is 0 Å². The van der Waals surface area contributed by atoms with Crippen molar-refractivity contribution in [3.8, 4) is 11.3 Å². The second kappa shape index (κ2) is 9.70. The van der Waals surface area contributed by atoms with E-state index in [0.717, 1.165) is 33.4 Å². The van der Waals surface area contributed by atoms with E-state index < -0.39 is 0 Å². The molecule has 3 nitrogen and oxygen atoms in total. The van der Waals surface area contributed by atoms with Crippen LogP contribution in [0.4, 0.5) is 0 Å². The Morgan fingerprint density at radius 3 is 2.58 bits per heavy atom. The third-order valence-corrected chi connectivity index (χ3v) is 3.86. The van der Waals surface area contributed by atoms with Gasteiger partial charge in [-0.15, -0.1) is 24.8 Å². The molecule has 6 heteroatoms. The molecule has 0 spiro atoms. The molecule has 0 fully saturated rings. The first-order chi connectivity index (χ1) is 10.7. The molecule has 2 heterocycles. The minimum atomic E-state index is 0. The molecule has 0 saturated heterocycles. The summed E-state index contributed by atoms with van der Waals surface area (Å²) >= 11 is 6.16. The van der Waals surface area contributed by atoms with Crippen LogP contribution < -0.4 is 5.32 Å². The van der Waals surface area contributed by atoms with Crippen molar-refractivity contribution >= 4 is 36.4 Å². The third-order valence-electron chi connectivity index (χ3n) is 3.45. The van der Waals surface area contributed by atoms with Crippen molar-refractivity contribution in [1.82, 2.24) is 10.3 Å². The predicted octanol–water partition coefficient (Wildman–Crippen LogP) is 5.44. The highest BCUT2D eigenvalue weighted by Crippen LogP contribution is 2.26. The summed E-state index contributed by atoms with van der Waals surface area (Å²) in [5.41, 5.74) is 3.07. The smallest absolute Gasteiger partial charge is 0.134 e. The molecule has 0 aliphatic rings. The molecule has 1 aromatic carbocycles. The summed E-state index contributed by atoms with van der Waals surface area (Å²) in [5, 5.41) is 4.07. The van der Waals surface area contributed by atoms with E-state index in [-0.39, 0.29) is 24.8 Å². The fourth-order valence-corrected chi connectivity index (χ4v) is 2.37. The lowest BCUT2D eigenvalue weighted by molar-refractivity contribution is 0.492. The number of rotatable bonds is 5. The quantitative estimate of drug-likeness (QED) is 0.636. The van der Waals surface area contributed by atoms with Gasteiger partial charge in [-0.2, -0.15) is 0 Å². The molecule has 0 bridgehead atoms. The molecular formula is C18H19Cl3N2O. The monoisotopic (exact) mass is 384 g/mol. The van der Waals surface area contributed by atoms with Crippen LogP contribution in [0.3, 0.4) is 0 Å². The Morgan fingerprint density at radius 2 is 1.88 bits per heavy atom. The van der Waals surface area contributed by atoms with Gasteiger partial charge in [0.15, 0.2) is 0 Å². The van der Waals surface area contributed by atoms with Gasteiger partial charge in [0, 0.05) is 23.3 Å². The maximum absolute atomic E-state index is 6.16. The number of hydrogen-bond donors (Lipinski definition) is 1. The number of nitrogens with one attached hydrogen (secondary N) is 1. The van der Waals surface area contributed by atoms with E-state index in [1.165, 1.54) is 0 Å². The Morgan fingerprint density at radius 1 is 1.04 bits per heavy atom. The largest absolute Gasteiger partial charge is 0.460 e. The predicted molar refractivity (Wildman–Crippen MR) is 103 cm³/mol. The van der Waals surface area contributed by atoms with Crippen LogP contribution in [-0.2, 0) is 13.1 Å². The maximum Gasteiger partial charge on any atom is 0.134 e. The van der Waals surface area contributed by atoms with E-state index in [1.54, 1.807) is 6.20 Å². The molecule has 1 N–H and O–H groups in total. The minimum absolute atomic E-state index is 0. The van der Waals surface area contributed by atoms with Gasteiger partial charge in [-0.1, -0.05) is 29.8 Å². The third kappa shape index (κ3) is 5.25. The number of furan rings is 1. The number of hydrogen-bond acceptors (Lipinski definition) is 3.